The first kappa shape index (κ1) is 16.9. The van der Waals surface area contributed by atoms with Crippen molar-refractivity contribution in [3.05, 3.63) is 56.8 Å². The van der Waals surface area contributed by atoms with E-state index in [1.165, 1.54) is 29.1 Å². The zero-order chi connectivity index (χ0) is 16.8. The summed E-state index contributed by atoms with van der Waals surface area (Å²) >= 11 is 1.64. The molecule has 0 saturated heterocycles. The third-order valence-electron chi connectivity index (χ3n) is 3.29. The average molecular weight is 334 g/mol. The molecule has 0 aliphatic carbocycles. The number of rotatable bonds is 6. The quantitative estimate of drug-likeness (QED) is 0.628. The summed E-state index contributed by atoms with van der Waals surface area (Å²) in [7, 11) is 3.92. The predicted molar refractivity (Wildman–Crippen MR) is 90.9 cm³/mol. The maximum Gasteiger partial charge on any atom is 0.319 e. The van der Waals surface area contributed by atoms with Crippen LogP contribution in [0.5, 0.6) is 0 Å². The van der Waals surface area contributed by atoms with Crippen molar-refractivity contribution in [1.29, 1.82) is 0 Å². The number of non-ortho nitro benzene ring substituents is 1. The molecule has 0 radical (unpaired) electrons. The standard InChI is InChI=1S/C15H18N4O3S/c1-18(2)13(14-4-3-9-23-14)10-16-15(20)17-11-5-7-12(8-6-11)19(21)22/h3-9,13H,10H2,1-2H3,(H2,16,17,20). The monoisotopic (exact) mass is 334 g/mol. The number of hydrogen-bond acceptors (Lipinski definition) is 5. The van der Waals surface area contributed by atoms with E-state index in [2.05, 4.69) is 10.6 Å². The summed E-state index contributed by atoms with van der Waals surface area (Å²) in [6.45, 7) is 0.465. The molecular formula is C15H18N4O3S. The van der Waals surface area contributed by atoms with E-state index in [4.69, 9.17) is 0 Å². The normalized spacial score (nSPS) is 12.0. The number of amides is 2. The van der Waals surface area contributed by atoms with Crippen LogP contribution >= 0.6 is 11.3 Å². The van der Waals surface area contributed by atoms with Crippen LogP contribution in [0, 0.1) is 10.1 Å². The molecule has 1 heterocycles. The Hall–Kier alpha value is -2.45. The molecule has 0 aliphatic rings. The Labute approximate surface area is 138 Å². The van der Waals surface area contributed by atoms with Crippen molar-refractivity contribution in [2.75, 3.05) is 26.0 Å². The topological polar surface area (TPSA) is 87.5 Å². The molecule has 2 amide bonds. The molecule has 0 aliphatic heterocycles. The van der Waals surface area contributed by atoms with Gasteiger partial charge in [-0.3, -0.25) is 10.1 Å². The number of benzene rings is 1. The molecule has 2 rings (SSSR count). The molecular weight excluding hydrogens is 316 g/mol. The second-order valence-electron chi connectivity index (χ2n) is 5.13. The zero-order valence-electron chi connectivity index (χ0n) is 12.9. The van der Waals surface area contributed by atoms with Crippen LogP contribution in [0.15, 0.2) is 41.8 Å². The van der Waals surface area contributed by atoms with Crippen molar-refractivity contribution in [1.82, 2.24) is 10.2 Å². The number of anilines is 1. The fourth-order valence-electron chi connectivity index (χ4n) is 2.05. The van der Waals surface area contributed by atoms with Gasteiger partial charge in [-0.05, 0) is 37.7 Å². The fraction of sp³-hybridized carbons (Fsp3) is 0.267. The van der Waals surface area contributed by atoms with E-state index in [9.17, 15) is 14.9 Å². The lowest BCUT2D eigenvalue weighted by atomic mass is 10.2. The van der Waals surface area contributed by atoms with Crippen molar-refractivity contribution in [3.63, 3.8) is 0 Å². The van der Waals surface area contributed by atoms with E-state index in [1.54, 1.807) is 11.3 Å². The predicted octanol–water partition coefficient (Wildman–Crippen LogP) is 3.08. The maximum absolute atomic E-state index is 12.0. The van der Waals surface area contributed by atoms with E-state index in [1.807, 2.05) is 36.5 Å². The van der Waals surface area contributed by atoms with Gasteiger partial charge in [0.15, 0.2) is 0 Å². The summed E-state index contributed by atoms with van der Waals surface area (Å²) in [6, 6.07) is 9.47. The molecule has 0 fully saturated rings. The van der Waals surface area contributed by atoms with Gasteiger partial charge in [-0.1, -0.05) is 6.07 Å². The second-order valence-corrected chi connectivity index (χ2v) is 6.11. The maximum atomic E-state index is 12.0. The molecule has 2 aromatic rings. The number of nitrogens with one attached hydrogen (secondary N) is 2. The second kappa shape index (κ2) is 7.70. The van der Waals surface area contributed by atoms with Gasteiger partial charge in [-0.15, -0.1) is 11.3 Å². The van der Waals surface area contributed by atoms with Crippen molar-refractivity contribution < 1.29 is 9.72 Å². The first-order chi connectivity index (χ1) is 11.0. The molecule has 7 nitrogen and oxygen atoms in total. The molecule has 1 aromatic heterocycles. The first-order valence-electron chi connectivity index (χ1n) is 6.96. The SMILES string of the molecule is CN(C)C(CNC(=O)Nc1ccc([N+](=O)[O-])cc1)c1cccs1. The molecule has 0 bridgehead atoms. The zero-order valence-corrected chi connectivity index (χ0v) is 13.7. The number of nitro benzene ring substituents is 1. The minimum Gasteiger partial charge on any atom is -0.336 e. The summed E-state index contributed by atoms with van der Waals surface area (Å²) < 4.78 is 0. The van der Waals surface area contributed by atoms with Crippen LogP contribution in [0.3, 0.4) is 0 Å². The van der Waals surface area contributed by atoms with Gasteiger partial charge >= 0.3 is 6.03 Å². The number of carbonyl (C=O) groups excluding carboxylic acids is 1. The van der Waals surface area contributed by atoms with Gasteiger partial charge in [0.25, 0.3) is 5.69 Å². The average Bonchev–Trinajstić information content (AvgIpc) is 3.01. The van der Waals surface area contributed by atoms with Gasteiger partial charge < -0.3 is 15.5 Å². The Morgan fingerprint density at radius 1 is 1.30 bits per heavy atom. The highest BCUT2D eigenvalue weighted by Crippen LogP contribution is 2.22. The molecule has 0 saturated carbocycles. The number of hydrogen-bond donors (Lipinski definition) is 2. The number of urea groups is 1. The minimum absolute atomic E-state index is 0.0127. The fourth-order valence-corrected chi connectivity index (χ4v) is 2.97. The minimum atomic E-state index is -0.480. The van der Waals surface area contributed by atoms with Gasteiger partial charge in [0.2, 0.25) is 0 Å². The lowest BCUT2D eigenvalue weighted by Crippen LogP contribution is -2.36. The van der Waals surface area contributed by atoms with E-state index in [0.717, 1.165) is 0 Å². The smallest absolute Gasteiger partial charge is 0.319 e. The third kappa shape index (κ3) is 4.76. The van der Waals surface area contributed by atoms with Crippen molar-refractivity contribution in [2.45, 2.75) is 6.04 Å². The molecule has 1 atom stereocenters. The number of nitrogens with zero attached hydrogens (tertiary/aromatic N) is 2. The van der Waals surface area contributed by atoms with E-state index >= 15 is 0 Å². The van der Waals surface area contributed by atoms with Gasteiger partial charge in [-0.2, -0.15) is 0 Å². The number of carbonyl (C=O) groups is 1. The van der Waals surface area contributed by atoms with Crippen LogP contribution in [0.1, 0.15) is 10.9 Å². The Balaban J connectivity index is 1.90. The van der Waals surface area contributed by atoms with Gasteiger partial charge in [0.1, 0.15) is 0 Å². The molecule has 1 unspecified atom stereocenters. The first-order valence-corrected chi connectivity index (χ1v) is 7.84. The van der Waals surface area contributed by atoms with Gasteiger partial charge in [-0.25, -0.2) is 4.79 Å². The third-order valence-corrected chi connectivity index (χ3v) is 4.26. The lowest BCUT2D eigenvalue weighted by Gasteiger charge is -2.23. The molecule has 1 aromatic carbocycles. The summed E-state index contributed by atoms with van der Waals surface area (Å²) in [6.07, 6.45) is 0. The summed E-state index contributed by atoms with van der Waals surface area (Å²) in [5, 5.41) is 18.1. The van der Waals surface area contributed by atoms with Crippen LogP contribution in [0.25, 0.3) is 0 Å². The lowest BCUT2D eigenvalue weighted by molar-refractivity contribution is -0.384. The molecule has 8 heteroatoms. The highest BCUT2D eigenvalue weighted by molar-refractivity contribution is 7.10. The molecule has 122 valence electrons. The van der Waals surface area contributed by atoms with Gasteiger partial charge in [0, 0.05) is 29.2 Å². The van der Waals surface area contributed by atoms with Crippen LogP contribution < -0.4 is 10.6 Å². The summed E-state index contributed by atoms with van der Waals surface area (Å²) in [5.74, 6) is 0. The number of thiophene rings is 1. The Morgan fingerprint density at radius 3 is 2.52 bits per heavy atom. The Kier molecular flexibility index (Phi) is 5.67. The highest BCUT2D eigenvalue weighted by Gasteiger charge is 2.16. The Morgan fingerprint density at radius 2 is 2.00 bits per heavy atom. The van der Waals surface area contributed by atoms with Crippen molar-refractivity contribution >= 4 is 28.7 Å². The van der Waals surface area contributed by atoms with Crippen LogP contribution in [0.4, 0.5) is 16.2 Å². The van der Waals surface area contributed by atoms with Crippen LogP contribution in [-0.2, 0) is 0 Å². The van der Waals surface area contributed by atoms with Crippen LogP contribution in [0.2, 0.25) is 0 Å². The molecule has 23 heavy (non-hydrogen) atoms. The van der Waals surface area contributed by atoms with E-state index in [0.29, 0.717) is 12.2 Å². The Bertz CT molecular complexity index is 656. The van der Waals surface area contributed by atoms with Crippen LogP contribution in [-0.4, -0.2) is 36.5 Å². The number of nitro groups is 1. The molecule has 2 N–H and O–H groups in total. The number of likely N-dealkylation sites (N-methyl/N-ethyl adjacent to an activating group) is 1. The molecule has 0 spiro atoms. The largest absolute Gasteiger partial charge is 0.336 e. The van der Waals surface area contributed by atoms with E-state index in [-0.39, 0.29) is 17.8 Å². The summed E-state index contributed by atoms with van der Waals surface area (Å²) in [5.41, 5.74) is 0.493. The van der Waals surface area contributed by atoms with Crippen molar-refractivity contribution in [3.8, 4) is 0 Å². The van der Waals surface area contributed by atoms with Gasteiger partial charge in [0.05, 0.1) is 11.0 Å². The van der Waals surface area contributed by atoms with Crippen molar-refractivity contribution in [2.24, 2.45) is 0 Å². The van der Waals surface area contributed by atoms with E-state index < -0.39 is 4.92 Å². The summed E-state index contributed by atoms with van der Waals surface area (Å²) in [4.78, 5) is 25.3. The highest BCUT2D eigenvalue weighted by atomic mass is 32.1.